The summed E-state index contributed by atoms with van der Waals surface area (Å²) in [7, 11) is 0. The molecule has 0 spiro atoms. The predicted molar refractivity (Wildman–Crippen MR) is 88.2 cm³/mol. The molecular formula is C16H12Cl3NO2. The van der Waals surface area contributed by atoms with Crippen molar-refractivity contribution in [3.8, 4) is 5.75 Å². The Bertz CT molecular complexity index is 733. The number of halogens is 3. The normalized spacial score (nSPS) is 16.6. The minimum Gasteiger partial charge on any atom is -0.493 e. The van der Waals surface area contributed by atoms with Crippen LogP contribution >= 0.6 is 34.8 Å². The molecule has 0 bridgehead atoms. The highest BCUT2D eigenvalue weighted by atomic mass is 35.5. The Kier molecular flexibility index (Phi) is 4.48. The highest BCUT2D eigenvalue weighted by Gasteiger charge is 2.24. The first kappa shape index (κ1) is 15.5. The van der Waals surface area contributed by atoms with Crippen LogP contribution in [0.15, 0.2) is 36.4 Å². The summed E-state index contributed by atoms with van der Waals surface area (Å²) in [4.78, 5) is 12.4. The molecule has 2 aromatic rings. The second-order valence-electron chi connectivity index (χ2n) is 4.97. The summed E-state index contributed by atoms with van der Waals surface area (Å²) in [6.07, 6.45) is 0.671. The fourth-order valence-corrected chi connectivity index (χ4v) is 3.10. The fraction of sp³-hybridized carbons (Fsp3) is 0.188. The maximum atomic E-state index is 12.4. The van der Waals surface area contributed by atoms with Gasteiger partial charge < -0.3 is 10.1 Å². The smallest absolute Gasteiger partial charge is 0.253 e. The Balaban J connectivity index is 1.85. The molecule has 3 rings (SSSR count). The van der Waals surface area contributed by atoms with E-state index < -0.39 is 0 Å². The molecule has 2 aromatic carbocycles. The summed E-state index contributed by atoms with van der Waals surface area (Å²) in [5.74, 6) is 0.489. The van der Waals surface area contributed by atoms with Crippen molar-refractivity contribution in [2.45, 2.75) is 12.5 Å². The Labute approximate surface area is 143 Å². The summed E-state index contributed by atoms with van der Waals surface area (Å²) < 4.78 is 5.58. The van der Waals surface area contributed by atoms with Crippen LogP contribution in [0.25, 0.3) is 0 Å². The lowest BCUT2D eigenvalue weighted by molar-refractivity contribution is 0.0925. The average molecular weight is 357 g/mol. The van der Waals surface area contributed by atoms with Gasteiger partial charge in [0.05, 0.1) is 23.2 Å². The van der Waals surface area contributed by atoms with Gasteiger partial charge in [-0.1, -0.05) is 34.8 Å². The zero-order valence-corrected chi connectivity index (χ0v) is 13.7. The lowest BCUT2D eigenvalue weighted by atomic mass is 10.00. The summed E-state index contributed by atoms with van der Waals surface area (Å²) in [5, 5.41) is 4.39. The number of carbonyl (C=O) groups is 1. The molecule has 114 valence electrons. The van der Waals surface area contributed by atoms with Crippen LogP contribution in [0.3, 0.4) is 0 Å². The number of ether oxygens (including phenoxy) is 1. The van der Waals surface area contributed by atoms with Crippen molar-refractivity contribution in [1.82, 2.24) is 5.32 Å². The van der Waals surface area contributed by atoms with Gasteiger partial charge >= 0.3 is 0 Å². The van der Waals surface area contributed by atoms with Gasteiger partial charge in [0.1, 0.15) is 5.75 Å². The minimum atomic E-state index is -0.250. The largest absolute Gasteiger partial charge is 0.493 e. The van der Waals surface area contributed by atoms with Crippen molar-refractivity contribution in [3.63, 3.8) is 0 Å². The van der Waals surface area contributed by atoms with Gasteiger partial charge in [0, 0.05) is 22.0 Å². The monoisotopic (exact) mass is 355 g/mol. The van der Waals surface area contributed by atoms with E-state index in [1.165, 1.54) is 0 Å². The van der Waals surface area contributed by atoms with E-state index in [-0.39, 0.29) is 11.9 Å². The first-order chi connectivity index (χ1) is 10.5. The van der Waals surface area contributed by atoms with E-state index >= 15 is 0 Å². The Morgan fingerprint density at radius 1 is 1.09 bits per heavy atom. The summed E-state index contributed by atoms with van der Waals surface area (Å²) in [6.45, 7) is 0.536. The topological polar surface area (TPSA) is 38.3 Å². The molecule has 0 aromatic heterocycles. The van der Waals surface area contributed by atoms with Gasteiger partial charge in [0.2, 0.25) is 0 Å². The summed E-state index contributed by atoms with van der Waals surface area (Å²) in [6, 6.07) is 10.0. The van der Waals surface area contributed by atoms with Crippen LogP contribution in [-0.2, 0) is 0 Å². The van der Waals surface area contributed by atoms with Gasteiger partial charge in [-0.2, -0.15) is 0 Å². The summed E-state index contributed by atoms with van der Waals surface area (Å²) >= 11 is 18.0. The van der Waals surface area contributed by atoms with Gasteiger partial charge in [-0.05, 0) is 36.4 Å². The van der Waals surface area contributed by atoms with Crippen LogP contribution in [0, 0.1) is 0 Å². The van der Waals surface area contributed by atoms with Gasteiger partial charge in [0.15, 0.2) is 0 Å². The van der Waals surface area contributed by atoms with Gasteiger partial charge in [0.25, 0.3) is 5.91 Å². The van der Waals surface area contributed by atoms with Crippen molar-refractivity contribution >= 4 is 40.7 Å². The molecule has 1 amide bonds. The molecule has 1 aliphatic rings. The zero-order chi connectivity index (χ0) is 15.7. The van der Waals surface area contributed by atoms with E-state index in [0.717, 1.165) is 11.3 Å². The molecular weight excluding hydrogens is 345 g/mol. The maximum Gasteiger partial charge on any atom is 0.253 e. The second kappa shape index (κ2) is 6.37. The number of hydrogen-bond donors (Lipinski definition) is 1. The van der Waals surface area contributed by atoms with E-state index in [2.05, 4.69) is 5.32 Å². The van der Waals surface area contributed by atoms with E-state index in [1.807, 2.05) is 12.1 Å². The molecule has 3 nitrogen and oxygen atoms in total. The number of fused-ring (bicyclic) bond motifs is 1. The molecule has 0 aliphatic carbocycles. The third kappa shape index (κ3) is 3.17. The standard InChI is InChI=1S/C16H12Cl3NO2/c17-9-2-4-15-12(7-9)14(5-6-22-15)20-16(21)11-3-1-10(18)8-13(11)19/h1-4,7-8,14H,5-6H2,(H,20,21). The SMILES string of the molecule is O=C(NC1CCOc2ccc(Cl)cc21)c1ccc(Cl)cc1Cl. The molecule has 0 fully saturated rings. The number of carbonyl (C=O) groups excluding carboxylic acids is 1. The van der Waals surface area contributed by atoms with Crippen LogP contribution < -0.4 is 10.1 Å². The van der Waals surface area contributed by atoms with Crippen molar-refractivity contribution in [3.05, 3.63) is 62.6 Å². The molecule has 1 heterocycles. The van der Waals surface area contributed by atoms with Crippen LogP contribution in [0.4, 0.5) is 0 Å². The number of amides is 1. The van der Waals surface area contributed by atoms with E-state index in [1.54, 1.807) is 24.3 Å². The lowest BCUT2D eigenvalue weighted by Gasteiger charge is -2.27. The van der Waals surface area contributed by atoms with E-state index in [4.69, 9.17) is 39.5 Å². The molecule has 22 heavy (non-hydrogen) atoms. The second-order valence-corrected chi connectivity index (χ2v) is 6.25. The van der Waals surface area contributed by atoms with Crippen LogP contribution in [-0.4, -0.2) is 12.5 Å². The summed E-state index contributed by atoms with van der Waals surface area (Å²) in [5.41, 5.74) is 1.26. The quantitative estimate of drug-likeness (QED) is 0.831. The van der Waals surface area contributed by atoms with Crippen molar-refractivity contribution in [2.75, 3.05) is 6.61 Å². The lowest BCUT2D eigenvalue weighted by Crippen LogP contribution is -2.32. The average Bonchev–Trinajstić information content (AvgIpc) is 2.47. The Hall–Kier alpha value is -1.42. The Morgan fingerprint density at radius 2 is 1.82 bits per heavy atom. The molecule has 0 saturated heterocycles. The van der Waals surface area contributed by atoms with E-state index in [9.17, 15) is 4.79 Å². The molecule has 0 saturated carbocycles. The third-order valence-electron chi connectivity index (χ3n) is 3.49. The number of hydrogen-bond acceptors (Lipinski definition) is 2. The first-order valence-corrected chi connectivity index (χ1v) is 7.86. The van der Waals surface area contributed by atoms with Crippen molar-refractivity contribution in [1.29, 1.82) is 0 Å². The fourth-order valence-electron chi connectivity index (χ4n) is 2.42. The van der Waals surface area contributed by atoms with Crippen molar-refractivity contribution in [2.24, 2.45) is 0 Å². The third-order valence-corrected chi connectivity index (χ3v) is 4.28. The van der Waals surface area contributed by atoms with Crippen molar-refractivity contribution < 1.29 is 9.53 Å². The number of nitrogens with one attached hydrogen (secondary N) is 1. The van der Waals surface area contributed by atoms with Gasteiger partial charge in [-0.15, -0.1) is 0 Å². The zero-order valence-electron chi connectivity index (χ0n) is 11.4. The molecule has 6 heteroatoms. The van der Waals surface area contributed by atoms with Gasteiger partial charge in [-0.3, -0.25) is 4.79 Å². The molecule has 0 radical (unpaired) electrons. The van der Waals surface area contributed by atoms with Gasteiger partial charge in [-0.25, -0.2) is 0 Å². The first-order valence-electron chi connectivity index (χ1n) is 6.73. The highest BCUT2D eigenvalue weighted by Crippen LogP contribution is 2.34. The molecule has 1 aliphatic heterocycles. The Morgan fingerprint density at radius 3 is 2.59 bits per heavy atom. The number of rotatable bonds is 2. The highest BCUT2D eigenvalue weighted by molar-refractivity contribution is 6.36. The minimum absolute atomic E-state index is 0.165. The predicted octanol–water partition coefficient (Wildman–Crippen LogP) is 4.90. The number of benzene rings is 2. The maximum absolute atomic E-state index is 12.4. The van der Waals surface area contributed by atoms with Crippen LogP contribution in [0.2, 0.25) is 15.1 Å². The molecule has 1 unspecified atom stereocenters. The molecule has 1 atom stereocenters. The molecule has 1 N–H and O–H groups in total. The van der Waals surface area contributed by atoms with Crippen LogP contribution in [0.1, 0.15) is 28.4 Å². The van der Waals surface area contributed by atoms with E-state index in [0.29, 0.717) is 33.7 Å². The van der Waals surface area contributed by atoms with Crippen LogP contribution in [0.5, 0.6) is 5.75 Å².